The number of halogens is 1. The number of nitrogens with one attached hydrogen (secondary N) is 2. The summed E-state index contributed by atoms with van der Waals surface area (Å²) in [6.07, 6.45) is 8.43. The van der Waals surface area contributed by atoms with Crippen LogP contribution >= 0.6 is 0 Å². The lowest BCUT2D eigenvalue weighted by atomic mass is 9.74. The topological polar surface area (TPSA) is 147 Å². The summed E-state index contributed by atoms with van der Waals surface area (Å²) in [4.78, 5) is 56.8. The molecule has 1 aliphatic carbocycles. The molecule has 0 spiro atoms. The summed E-state index contributed by atoms with van der Waals surface area (Å²) in [5, 5.41) is 16.2. The number of carbonyl (C=O) groups excluding carboxylic acids is 4. The van der Waals surface area contributed by atoms with Crippen molar-refractivity contribution in [3.63, 3.8) is 0 Å². The van der Waals surface area contributed by atoms with Gasteiger partial charge >= 0.3 is 19.3 Å². The van der Waals surface area contributed by atoms with E-state index in [0.717, 1.165) is 38.5 Å². The average molecular weight is 641 g/mol. The molecule has 2 saturated heterocycles. The van der Waals surface area contributed by atoms with Crippen LogP contribution in [0.15, 0.2) is 30.4 Å². The van der Waals surface area contributed by atoms with E-state index in [1.165, 1.54) is 15.9 Å². The predicted octanol–water partition coefficient (Wildman–Crippen LogP) is 2.96. The number of benzene rings is 1. The zero-order valence-corrected chi connectivity index (χ0v) is 25.9. The van der Waals surface area contributed by atoms with Crippen LogP contribution in [0.4, 0.5) is 14.0 Å². The second-order valence-corrected chi connectivity index (χ2v) is 13.0. The molecule has 4 amide bonds. The maximum atomic E-state index is 14.3. The number of alkyl carbamates (subject to hydrolysis) is 1. The molecule has 4 heterocycles. The Labute approximate surface area is 268 Å². The smallest absolute Gasteiger partial charge is 0.446 e. The first-order valence-corrected chi connectivity index (χ1v) is 16.5. The van der Waals surface area contributed by atoms with E-state index in [1.54, 1.807) is 12.1 Å². The van der Waals surface area contributed by atoms with Crippen LogP contribution in [0.25, 0.3) is 0 Å². The number of ether oxygens (including phenoxy) is 2. The van der Waals surface area contributed by atoms with Crippen LogP contribution in [0.3, 0.4) is 0 Å². The molecular formula is C32H42BFN4O8. The summed E-state index contributed by atoms with van der Waals surface area (Å²) < 4.78 is 31.2. The molecular weight excluding hydrogens is 598 g/mol. The molecule has 0 bridgehead atoms. The first kappa shape index (κ1) is 32.3. The van der Waals surface area contributed by atoms with Crippen molar-refractivity contribution < 1.29 is 42.7 Å². The third kappa shape index (κ3) is 7.33. The summed E-state index contributed by atoms with van der Waals surface area (Å²) in [6, 6.07) is 2.73. The molecule has 5 atom stereocenters. The molecule has 248 valence electrons. The number of rotatable bonds is 3. The normalized spacial score (nSPS) is 29.7. The molecule has 12 nitrogen and oxygen atoms in total. The summed E-state index contributed by atoms with van der Waals surface area (Å²) in [6.45, 7) is 0.459. The fourth-order valence-electron chi connectivity index (χ4n) is 7.22. The molecule has 5 aliphatic rings. The molecule has 46 heavy (non-hydrogen) atoms. The van der Waals surface area contributed by atoms with Crippen molar-refractivity contribution in [3.8, 4) is 0 Å². The highest BCUT2D eigenvalue weighted by atomic mass is 19.1. The first-order chi connectivity index (χ1) is 22.3. The van der Waals surface area contributed by atoms with Crippen LogP contribution in [0, 0.1) is 11.7 Å². The number of hydrogen-bond donors (Lipinski definition) is 3. The Balaban J connectivity index is 1.20. The van der Waals surface area contributed by atoms with E-state index in [-0.39, 0.29) is 44.7 Å². The zero-order valence-electron chi connectivity index (χ0n) is 25.9. The Morgan fingerprint density at radius 2 is 1.85 bits per heavy atom. The largest absolute Gasteiger partial charge is 0.478 e. The Kier molecular flexibility index (Phi) is 10.1. The van der Waals surface area contributed by atoms with Crippen LogP contribution in [-0.4, -0.2) is 89.3 Å². The molecule has 3 N–H and O–H groups in total. The summed E-state index contributed by atoms with van der Waals surface area (Å²) in [5.74, 6) is -2.21. The maximum Gasteiger partial charge on any atom is 0.478 e. The number of hydrogen-bond acceptors (Lipinski definition) is 8. The van der Waals surface area contributed by atoms with Crippen molar-refractivity contribution in [1.29, 1.82) is 0 Å². The maximum absolute atomic E-state index is 14.3. The number of allylic oxidation sites excluding steroid dienone is 2. The van der Waals surface area contributed by atoms with E-state index in [4.69, 9.17) is 14.1 Å². The lowest BCUT2D eigenvalue weighted by molar-refractivity contribution is -0.140. The summed E-state index contributed by atoms with van der Waals surface area (Å²) >= 11 is 0. The minimum absolute atomic E-state index is 0.0198. The van der Waals surface area contributed by atoms with Gasteiger partial charge in [0, 0.05) is 31.1 Å². The minimum atomic E-state index is -1.20. The molecule has 3 fully saturated rings. The van der Waals surface area contributed by atoms with Gasteiger partial charge in [-0.05, 0) is 63.0 Å². The Hall–Kier alpha value is -3.65. The van der Waals surface area contributed by atoms with Crippen molar-refractivity contribution in [3.05, 3.63) is 47.3 Å². The molecule has 1 saturated carbocycles. The van der Waals surface area contributed by atoms with E-state index >= 15 is 0 Å². The highest BCUT2D eigenvalue weighted by Crippen LogP contribution is 2.29. The lowest BCUT2D eigenvalue weighted by Crippen LogP contribution is -2.56. The molecule has 0 aromatic heterocycles. The monoisotopic (exact) mass is 640 g/mol. The summed E-state index contributed by atoms with van der Waals surface area (Å²) in [7, 11) is -1.20. The van der Waals surface area contributed by atoms with Gasteiger partial charge in [0.1, 0.15) is 30.1 Å². The van der Waals surface area contributed by atoms with E-state index in [1.807, 2.05) is 12.2 Å². The van der Waals surface area contributed by atoms with Gasteiger partial charge in [-0.1, -0.05) is 30.7 Å². The quantitative estimate of drug-likeness (QED) is 0.338. The zero-order chi connectivity index (χ0) is 32.2. The van der Waals surface area contributed by atoms with Crippen molar-refractivity contribution in [1.82, 2.24) is 20.4 Å². The highest BCUT2D eigenvalue weighted by Gasteiger charge is 2.47. The van der Waals surface area contributed by atoms with Gasteiger partial charge in [0.2, 0.25) is 11.8 Å². The standard InChI is InChI=1S/C32H42BFN4O8/c34-25-13-8-10-20-16-37(18-24(20)25)32(42)46-23-15-27-29(39)36-28-21(19-44-33(28)43)9-4-2-1-3-5-14-26(30(40)38(27)17-23)35-31(41)45-22-11-6-7-12-22/h2,4,8,10,13,21-23,26-28,43H,1,3,5-7,9,11-12,14-19H2,(H,35,41)(H,36,39)/b4-2-/t21-,23-,26+,27+,28+/m1/s1. The van der Waals surface area contributed by atoms with Gasteiger partial charge in [-0.25, -0.2) is 14.0 Å². The highest BCUT2D eigenvalue weighted by molar-refractivity contribution is 6.46. The van der Waals surface area contributed by atoms with Crippen molar-refractivity contribution >= 4 is 31.1 Å². The molecule has 6 rings (SSSR count). The van der Waals surface area contributed by atoms with Crippen molar-refractivity contribution in [2.75, 3.05) is 13.2 Å². The predicted molar refractivity (Wildman–Crippen MR) is 163 cm³/mol. The van der Waals surface area contributed by atoms with E-state index in [0.29, 0.717) is 30.4 Å². The minimum Gasteiger partial charge on any atom is -0.446 e. The van der Waals surface area contributed by atoms with E-state index < -0.39 is 61.1 Å². The molecule has 1 aromatic carbocycles. The van der Waals surface area contributed by atoms with Crippen LogP contribution in [0.1, 0.15) is 75.3 Å². The van der Waals surface area contributed by atoms with Crippen LogP contribution in [0.5, 0.6) is 0 Å². The van der Waals surface area contributed by atoms with Crippen LogP contribution in [0.2, 0.25) is 0 Å². The van der Waals surface area contributed by atoms with Gasteiger partial charge < -0.3 is 34.7 Å². The van der Waals surface area contributed by atoms with Gasteiger partial charge in [0.05, 0.1) is 19.0 Å². The van der Waals surface area contributed by atoms with Gasteiger partial charge in [-0.15, -0.1) is 0 Å². The van der Waals surface area contributed by atoms with Crippen LogP contribution in [-0.2, 0) is 36.8 Å². The van der Waals surface area contributed by atoms with Gasteiger partial charge in [-0.3, -0.25) is 14.5 Å². The Morgan fingerprint density at radius 1 is 1.04 bits per heavy atom. The molecule has 0 unspecified atom stereocenters. The SMILES string of the molecule is O=C(N[C@H]1CCCC/C=C\C[C@@H]2COB(O)[C@H]2NC(=O)[C@@H]2C[C@@H](OC(=O)N3Cc4cccc(F)c4C3)CN2C1=O)OC1CCCC1. The molecule has 14 heteroatoms. The third-order valence-corrected chi connectivity index (χ3v) is 9.79. The average Bonchev–Trinajstić information content (AvgIpc) is 3.84. The second-order valence-electron chi connectivity index (χ2n) is 13.0. The van der Waals surface area contributed by atoms with Crippen molar-refractivity contribution in [2.24, 2.45) is 5.92 Å². The number of fused-ring (bicyclic) bond motifs is 3. The number of amides is 4. The van der Waals surface area contributed by atoms with Crippen LogP contribution < -0.4 is 10.6 Å². The fourth-order valence-corrected chi connectivity index (χ4v) is 7.22. The van der Waals surface area contributed by atoms with Gasteiger partial charge in [0.25, 0.3) is 0 Å². The summed E-state index contributed by atoms with van der Waals surface area (Å²) in [5.41, 5.74) is 1.14. The fraction of sp³-hybridized carbons (Fsp3) is 0.625. The Bertz CT molecular complexity index is 1340. The second kappa shape index (κ2) is 14.4. The van der Waals surface area contributed by atoms with Gasteiger partial charge in [0.15, 0.2) is 0 Å². The first-order valence-electron chi connectivity index (χ1n) is 16.5. The van der Waals surface area contributed by atoms with Gasteiger partial charge in [-0.2, -0.15) is 0 Å². The number of nitrogens with zero attached hydrogens (tertiary/aromatic N) is 2. The van der Waals surface area contributed by atoms with E-state index in [9.17, 15) is 28.6 Å². The lowest BCUT2D eigenvalue weighted by Gasteiger charge is -2.30. The molecule has 4 aliphatic heterocycles. The number of carbonyl (C=O) groups is 4. The molecule has 0 radical (unpaired) electrons. The Morgan fingerprint density at radius 3 is 2.65 bits per heavy atom. The van der Waals surface area contributed by atoms with E-state index in [2.05, 4.69) is 10.6 Å². The third-order valence-electron chi connectivity index (χ3n) is 9.79. The van der Waals surface area contributed by atoms with Crippen molar-refractivity contribution in [2.45, 2.75) is 108 Å². The molecule has 1 aromatic rings.